The van der Waals surface area contributed by atoms with Gasteiger partial charge in [0.2, 0.25) is 0 Å². The molecule has 0 aliphatic carbocycles. The van der Waals surface area contributed by atoms with Crippen LogP contribution < -0.4 is 10.2 Å². The normalized spacial score (nSPS) is 18.0. The lowest BCUT2D eigenvalue weighted by Gasteiger charge is -2.33. The molecule has 1 aromatic carbocycles. The third kappa shape index (κ3) is 2.84. The molecule has 1 saturated heterocycles. The van der Waals surface area contributed by atoms with Crippen LogP contribution in [-0.2, 0) is 7.05 Å². The number of aromatic nitrogens is 4. The second-order valence-corrected chi connectivity index (χ2v) is 6.27. The van der Waals surface area contributed by atoms with Crippen molar-refractivity contribution in [2.75, 3.05) is 18.0 Å². The summed E-state index contributed by atoms with van der Waals surface area (Å²) in [5.41, 5.74) is 3.51. The van der Waals surface area contributed by atoms with Gasteiger partial charge in [0.05, 0.1) is 29.2 Å². The van der Waals surface area contributed by atoms with Crippen LogP contribution in [0.1, 0.15) is 23.2 Å². The first-order valence-electron chi connectivity index (χ1n) is 8.16. The fraction of sp³-hybridized carbons (Fsp3) is 0.353. The number of rotatable bonds is 3. The fourth-order valence-electron chi connectivity index (χ4n) is 3.25. The highest BCUT2D eigenvalue weighted by Crippen LogP contribution is 2.19. The molecular weight excluding hydrogens is 304 g/mol. The molecule has 1 atom stereocenters. The molecule has 7 heteroatoms. The SMILES string of the molecule is Cn1cc(N2CCCC(NC(=O)c3ccc4nc[nH]c4c3)C2)cn1. The minimum atomic E-state index is -0.0375. The number of anilines is 1. The van der Waals surface area contributed by atoms with Crippen LogP contribution in [0.25, 0.3) is 11.0 Å². The zero-order chi connectivity index (χ0) is 16.5. The van der Waals surface area contributed by atoms with E-state index in [-0.39, 0.29) is 11.9 Å². The molecule has 124 valence electrons. The van der Waals surface area contributed by atoms with Crippen molar-refractivity contribution in [3.05, 3.63) is 42.5 Å². The monoisotopic (exact) mass is 324 g/mol. The third-order valence-corrected chi connectivity index (χ3v) is 4.50. The second kappa shape index (κ2) is 5.99. The molecule has 4 rings (SSSR count). The van der Waals surface area contributed by atoms with Gasteiger partial charge in [0.1, 0.15) is 0 Å². The molecule has 1 aliphatic heterocycles. The molecule has 0 saturated carbocycles. The Labute approximate surface area is 139 Å². The molecule has 0 bridgehead atoms. The van der Waals surface area contributed by atoms with Gasteiger partial charge in [-0.25, -0.2) is 4.98 Å². The van der Waals surface area contributed by atoms with Gasteiger partial charge in [-0.2, -0.15) is 5.10 Å². The summed E-state index contributed by atoms with van der Waals surface area (Å²) >= 11 is 0. The summed E-state index contributed by atoms with van der Waals surface area (Å²) in [6.07, 6.45) is 7.57. The van der Waals surface area contributed by atoms with E-state index in [1.54, 1.807) is 11.0 Å². The Kier molecular flexibility index (Phi) is 3.68. The Bertz CT molecular complexity index is 867. The molecule has 7 nitrogen and oxygen atoms in total. The van der Waals surface area contributed by atoms with Gasteiger partial charge in [-0.05, 0) is 31.0 Å². The molecule has 0 radical (unpaired) electrons. The van der Waals surface area contributed by atoms with Gasteiger partial charge in [0.15, 0.2) is 0 Å². The minimum absolute atomic E-state index is 0.0375. The molecule has 2 aromatic heterocycles. The molecule has 2 N–H and O–H groups in total. The number of piperidine rings is 1. The maximum Gasteiger partial charge on any atom is 0.251 e. The van der Waals surface area contributed by atoms with Gasteiger partial charge >= 0.3 is 0 Å². The van der Waals surface area contributed by atoms with Crippen LogP contribution in [0.3, 0.4) is 0 Å². The molecule has 3 aromatic rings. The summed E-state index contributed by atoms with van der Waals surface area (Å²) in [5, 5.41) is 7.38. The number of hydrogen-bond acceptors (Lipinski definition) is 4. The molecule has 24 heavy (non-hydrogen) atoms. The largest absolute Gasteiger partial charge is 0.367 e. The van der Waals surface area contributed by atoms with Gasteiger partial charge in [0, 0.05) is 37.9 Å². The fourth-order valence-corrected chi connectivity index (χ4v) is 3.25. The molecular formula is C17H20N6O. The van der Waals surface area contributed by atoms with E-state index < -0.39 is 0 Å². The minimum Gasteiger partial charge on any atom is -0.367 e. The van der Waals surface area contributed by atoms with E-state index in [1.165, 1.54) is 0 Å². The highest BCUT2D eigenvalue weighted by atomic mass is 16.1. The first-order chi connectivity index (χ1) is 11.7. The van der Waals surface area contributed by atoms with E-state index in [2.05, 4.69) is 25.3 Å². The number of carbonyl (C=O) groups excluding carboxylic acids is 1. The third-order valence-electron chi connectivity index (χ3n) is 4.50. The van der Waals surface area contributed by atoms with Crippen molar-refractivity contribution < 1.29 is 4.79 Å². The molecule has 0 spiro atoms. The Balaban J connectivity index is 1.44. The zero-order valence-electron chi connectivity index (χ0n) is 13.6. The molecule has 1 amide bonds. The molecule has 3 heterocycles. The van der Waals surface area contributed by atoms with Crippen molar-refractivity contribution in [1.82, 2.24) is 25.1 Å². The number of aryl methyl sites for hydroxylation is 1. The summed E-state index contributed by atoms with van der Waals surface area (Å²) in [5.74, 6) is -0.0375. The quantitative estimate of drug-likeness (QED) is 0.768. The number of carbonyl (C=O) groups is 1. The highest BCUT2D eigenvalue weighted by Gasteiger charge is 2.23. The standard InChI is InChI=1S/C17H20N6O/c1-22-10-14(8-20-22)23-6-2-3-13(9-23)21-17(24)12-4-5-15-16(7-12)19-11-18-15/h4-5,7-8,10-11,13H,2-3,6,9H2,1H3,(H,18,19)(H,21,24). The average Bonchev–Trinajstić information content (AvgIpc) is 3.23. The van der Waals surface area contributed by atoms with Crippen LogP contribution in [0.5, 0.6) is 0 Å². The zero-order valence-corrected chi connectivity index (χ0v) is 13.6. The van der Waals surface area contributed by atoms with E-state index in [1.807, 2.05) is 37.6 Å². The molecule has 1 aliphatic rings. The van der Waals surface area contributed by atoms with Crippen LogP contribution >= 0.6 is 0 Å². The Morgan fingerprint density at radius 1 is 1.42 bits per heavy atom. The Hall–Kier alpha value is -2.83. The first-order valence-corrected chi connectivity index (χ1v) is 8.16. The van der Waals surface area contributed by atoms with E-state index in [4.69, 9.17) is 0 Å². The van der Waals surface area contributed by atoms with Crippen LogP contribution in [-0.4, -0.2) is 44.8 Å². The maximum atomic E-state index is 12.5. The molecule has 1 unspecified atom stereocenters. The van der Waals surface area contributed by atoms with E-state index in [0.717, 1.165) is 42.7 Å². The number of nitrogens with one attached hydrogen (secondary N) is 2. The average molecular weight is 324 g/mol. The predicted octanol–water partition coefficient (Wildman–Crippen LogP) is 1.70. The van der Waals surface area contributed by atoms with Crippen molar-refractivity contribution in [2.45, 2.75) is 18.9 Å². The Morgan fingerprint density at radius 2 is 2.33 bits per heavy atom. The lowest BCUT2D eigenvalue weighted by Crippen LogP contribution is -2.47. The highest BCUT2D eigenvalue weighted by molar-refractivity contribution is 5.97. The van der Waals surface area contributed by atoms with E-state index in [9.17, 15) is 4.79 Å². The number of hydrogen-bond donors (Lipinski definition) is 2. The van der Waals surface area contributed by atoms with Crippen LogP contribution in [0.2, 0.25) is 0 Å². The number of imidazole rings is 1. The number of H-pyrrole nitrogens is 1. The summed E-state index contributed by atoms with van der Waals surface area (Å²) < 4.78 is 1.80. The number of fused-ring (bicyclic) bond motifs is 1. The van der Waals surface area contributed by atoms with Crippen molar-refractivity contribution in [2.24, 2.45) is 7.05 Å². The summed E-state index contributed by atoms with van der Waals surface area (Å²) in [4.78, 5) is 22.0. The van der Waals surface area contributed by atoms with Crippen molar-refractivity contribution in [3.8, 4) is 0 Å². The lowest BCUT2D eigenvalue weighted by atomic mass is 10.0. The van der Waals surface area contributed by atoms with E-state index in [0.29, 0.717) is 5.56 Å². The lowest BCUT2D eigenvalue weighted by molar-refractivity contribution is 0.0933. The predicted molar refractivity (Wildman–Crippen MR) is 92.0 cm³/mol. The first kappa shape index (κ1) is 14.7. The van der Waals surface area contributed by atoms with Crippen LogP contribution in [0, 0.1) is 0 Å². The number of nitrogens with zero attached hydrogens (tertiary/aromatic N) is 4. The van der Waals surface area contributed by atoms with Crippen LogP contribution in [0.4, 0.5) is 5.69 Å². The smallest absolute Gasteiger partial charge is 0.251 e. The van der Waals surface area contributed by atoms with Crippen molar-refractivity contribution in [3.63, 3.8) is 0 Å². The van der Waals surface area contributed by atoms with Gasteiger partial charge in [0.25, 0.3) is 5.91 Å². The topological polar surface area (TPSA) is 78.8 Å². The van der Waals surface area contributed by atoms with Crippen molar-refractivity contribution >= 4 is 22.6 Å². The number of benzene rings is 1. The summed E-state index contributed by atoms with van der Waals surface area (Å²) in [6.45, 7) is 1.81. The Morgan fingerprint density at radius 3 is 3.17 bits per heavy atom. The van der Waals surface area contributed by atoms with Gasteiger partial charge in [-0.15, -0.1) is 0 Å². The van der Waals surface area contributed by atoms with Gasteiger partial charge < -0.3 is 15.2 Å². The number of aromatic amines is 1. The van der Waals surface area contributed by atoms with E-state index >= 15 is 0 Å². The van der Waals surface area contributed by atoms with Gasteiger partial charge in [-0.3, -0.25) is 9.48 Å². The molecule has 1 fully saturated rings. The summed E-state index contributed by atoms with van der Waals surface area (Å²) in [6, 6.07) is 5.67. The second-order valence-electron chi connectivity index (χ2n) is 6.27. The maximum absolute atomic E-state index is 12.5. The van der Waals surface area contributed by atoms with Crippen LogP contribution in [0.15, 0.2) is 36.9 Å². The van der Waals surface area contributed by atoms with Crippen molar-refractivity contribution in [1.29, 1.82) is 0 Å². The van der Waals surface area contributed by atoms with Gasteiger partial charge in [-0.1, -0.05) is 0 Å². The summed E-state index contributed by atoms with van der Waals surface area (Å²) in [7, 11) is 1.91. The number of amides is 1.